The van der Waals surface area contributed by atoms with E-state index in [0.29, 0.717) is 10.7 Å². The second-order valence-corrected chi connectivity index (χ2v) is 6.29. The van der Waals surface area contributed by atoms with Crippen molar-refractivity contribution >= 4 is 39.1 Å². The minimum Gasteiger partial charge on any atom is -0.496 e. The van der Waals surface area contributed by atoms with Crippen molar-refractivity contribution in [1.29, 1.82) is 0 Å². The van der Waals surface area contributed by atoms with Crippen LogP contribution in [0.15, 0.2) is 46.9 Å². The quantitative estimate of drug-likeness (QED) is 0.759. The summed E-state index contributed by atoms with van der Waals surface area (Å²) in [4.78, 5) is 12.0. The van der Waals surface area contributed by atoms with Gasteiger partial charge in [0.05, 0.1) is 28.8 Å². The Labute approximate surface area is 149 Å². The van der Waals surface area contributed by atoms with Crippen LogP contribution in [0.3, 0.4) is 0 Å². The summed E-state index contributed by atoms with van der Waals surface area (Å²) in [5.41, 5.74) is 1.67. The number of para-hydroxylation sites is 1. The standard InChI is InChI=1S/C17H18BrClN2O2/c1-11(12-7-8-16(23-2)13(18)9-12)20-10-17(22)21-15-6-4-3-5-14(15)19/h3-9,11,20H,10H2,1-2H3,(H,21,22)/t11-/m1/s1. The first-order chi connectivity index (χ1) is 11.0. The topological polar surface area (TPSA) is 50.4 Å². The average Bonchev–Trinajstić information content (AvgIpc) is 2.54. The maximum Gasteiger partial charge on any atom is 0.238 e. The fourth-order valence-corrected chi connectivity index (χ4v) is 2.81. The fourth-order valence-electron chi connectivity index (χ4n) is 2.07. The molecule has 0 heterocycles. The molecule has 1 atom stereocenters. The molecule has 122 valence electrons. The van der Waals surface area contributed by atoms with Gasteiger partial charge in [-0.05, 0) is 52.7 Å². The Morgan fingerprint density at radius 1 is 1.30 bits per heavy atom. The van der Waals surface area contributed by atoms with E-state index in [2.05, 4.69) is 26.6 Å². The van der Waals surface area contributed by atoms with Gasteiger partial charge in [0.1, 0.15) is 5.75 Å². The van der Waals surface area contributed by atoms with Crippen LogP contribution < -0.4 is 15.4 Å². The van der Waals surface area contributed by atoms with E-state index in [-0.39, 0.29) is 18.5 Å². The zero-order valence-electron chi connectivity index (χ0n) is 12.9. The lowest BCUT2D eigenvalue weighted by molar-refractivity contribution is -0.115. The second-order valence-electron chi connectivity index (χ2n) is 5.02. The summed E-state index contributed by atoms with van der Waals surface area (Å²) in [7, 11) is 1.63. The molecule has 4 nitrogen and oxygen atoms in total. The van der Waals surface area contributed by atoms with Gasteiger partial charge >= 0.3 is 0 Å². The number of amides is 1. The third-order valence-electron chi connectivity index (χ3n) is 3.39. The predicted octanol–water partition coefficient (Wildman–Crippen LogP) is 4.40. The molecule has 0 fully saturated rings. The SMILES string of the molecule is COc1ccc([C@@H](C)NCC(=O)Nc2ccccc2Cl)cc1Br. The van der Waals surface area contributed by atoms with Crippen molar-refractivity contribution < 1.29 is 9.53 Å². The number of nitrogens with one attached hydrogen (secondary N) is 2. The monoisotopic (exact) mass is 396 g/mol. The van der Waals surface area contributed by atoms with Gasteiger partial charge in [0.25, 0.3) is 0 Å². The molecule has 2 aromatic rings. The molecule has 0 unspecified atom stereocenters. The van der Waals surface area contributed by atoms with Crippen LogP contribution in [0.25, 0.3) is 0 Å². The summed E-state index contributed by atoms with van der Waals surface area (Å²) >= 11 is 9.48. The van der Waals surface area contributed by atoms with E-state index in [1.807, 2.05) is 37.3 Å². The highest BCUT2D eigenvalue weighted by Crippen LogP contribution is 2.28. The zero-order valence-corrected chi connectivity index (χ0v) is 15.2. The molecular weight excluding hydrogens is 380 g/mol. The molecule has 0 bridgehead atoms. The zero-order chi connectivity index (χ0) is 16.8. The van der Waals surface area contributed by atoms with Crippen LogP contribution in [-0.4, -0.2) is 19.6 Å². The number of ether oxygens (including phenoxy) is 1. The molecular formula is C17H18BrClN2O2. The molecule has 0 radical (unpaired) electrons. The van der Waals surface area contributed by atoms with Crippen LogP contribution in [-0.2, 0) is 4.79 Å². The van der Waals surface area contributed by atoms with Crippen molar-refractivity contribution in [2.75, 3.05) is 19.0 Å². The maximum absolute atomic E-state index is 12.0. The van der Waals surface area contributed by atoms with E-state index in [1.165, 1.54) is 0 Å². The van der Waals surface area contributed by atoms with Crippen LogP contribution in [0.1, 0.15) is 18.5 Å². The summed E-state index contributed by atoms with van der Waals surface area (Å²) in [6.07, 6.45) is 0. The van der Waals surface area contributed by atoms with E-state index in [9.17, 15) is 4.79 Å². The Kier molecular flexibility index (Phi) is 6.45. The molecule has 0 aliphatic carbocycles. The minimum atomic E-state index is -0.141. The summed E-state index contributed by atoms with van der Waals surface area (Å²) in [5.74, 6) is 0.634. The summed E-state index contributed by atoms with van der Waals surface area (Å²) < 4.78 is 6.09. The lowest BCUT2D eigenvalue weighted by atomic mass is 10.1. The first-order valence-electron chi connectivity index (χ1n) is 7.12. The van der Waals surface area contributed by atoms with E-state index in [4.69, 9.17) is 16.3 Å². The molecule has 0 saturated carbocycles. The van der Waals surface area contributed by atoms with Gasteiger partial charge in [-0.2, -0.15) is 0 Å². The van der Waals surface area contributed by atoms with E-state index >= 15 is 0 Å². The van der Waals surface area contributed by atoms with Crippen LogP contribution in [0.4, 0.5) is 5.69 Å². The highest BCUT2D eigenvalue weighted by molar-refractivity contribution is 9.10. The molecule has 0 spiro atoms. The third kappa shape index (κ3) is 4.96. The Morgan fingerprint density at radius 2 is 2.04 bits per heavy atom. The lowest BCUT2D eigenvalue weighted by Crippen LogP contribution is -2.30. The maximum atomic E-state index is 12.0. The molecule has 2 aromatic carbocycles. The van der Waals surface area contributed by atoms with Gasteiger partial charge in [-0.15, -0.1) is 0 Å². The largest absolute Gasteiger partial charge is 0.496 e. The summed E-state index contributed by atoms with van der Waals surface area (Å²) in [5, 5.41) is 6.49. The van der Waals surface area contributed by atoms with E-state index in [0.717, 1.165) is 15.8 Å². The number of hydrogen-bond acceptors (Lipinski definition) is 3. The number of carbonyl (C=O) groups excluding carboxylic acids is 1. The molecule has 1 amide bonds. The number of anilines is 1. The highest BCUT2D eigenvalue weighted by Gasteiger charge is 2.11. The first kappa shape index (κ1) is 17.8. The normalized spacial score (nSPS) is 11.8. The van der Waals surface area contributed by atoms with E-state index in [1.54, 1.807) is 19.2 Å². The van der Waals surface area contributed by atoms with Gasteiger partial charge in [-0.1, -0.05) is 29.8 Å². The van der Waals surface area contributed by atoms with Crippen molar-refractivity contribution in [2.45, 2.75) is 13.0 Å². The van der Waals surface area contributed by atoms with Crippen molar-refractivity contribution in [3.8, 4) is 5.75 Å². The summed E-state index contributed by atoms with van der Waals surface area (Å²) in [6.45, 7) is 2.19. The van der Waals surface area contributed by atoms with Gasteiger partial charge in [-0.25, -0.2) is 0 Å². The van der Waals surface area contributed by atoms with Crippen LogP contribution in [0.2, 0.25) is 5.02 Å². The van der Waals surface area contributed by atoms with Crippen LogP contribution in [0, 0.1) is 0 Å². The van der Waals surface area contributed by atoms with Crippen molar-refractivity contribution in [3.63, 3.8) is 0 Å². The molecule has 23 heavy (non-hydrogen) atoms. The fraction of sp³-hybridized carbons (Fsp3) is 0.235. The number of benzene rings is 2. The van der Waals surface area contributed by atoms with Gasteiger partial charge < -0.3 is 15.4 Å². The second kappa shape index (κ2) is 8.34. The molecule has 0 saturated heterocycles. The van der Waals surface area contributed by atoms with Gasteiger partial charge in [0.2, 0.25) is 5.91 Å². The lowest BCUT2D eigenvalue weighted by Gasteiger charge is -2.15. The van der Waals surface area contributed by atoms with Crippen molar-refractivity contribution in [3.05, 3.63) is 57.5 Å². The molecule has 2 rings (SSSR count). The minimum absolute atomic E-state index is 0.0224. The van der Waals surface area contributed by atoms with Gasteiger partial charge in [0, 0.05) is 6.04 Å². The Balaban J connectivity index is 1.91. The van der Waals surface area contributed by atoms with Gasteiger partial charge in [-0.3, -0.25) is 4.79 Å². The number of hydrogen-bond donors (Lipinski definition) is 2. The van der Waals surface area contributed by atoms with Crippen LogP contribution >= 0.6 is 27.5 Å². The molecule has 0 aliphatic rings. The highest BCUT2D eigenvalue weighted by atomic mass is 79.9. The number of carbonyl (C=O) groups is 1. The number of rotatable bonds is 6. The Bertz CT molecular complexity index is 694. The number of methoxy groups -OCH3 is 1. The van der Waals surface area contributed by atoms with Crippen molar-refractivity contribution in [2.24, 2.45) is 0 Å². The van der Waals surface area contributed by atoms with E-state index < -0.39 is 0 Å². The number of halogens is 2. The smallest absolute Gasteiger partial charge is 0.238 e. The average molecular weight is 398 g/mol. The Hall–Kier alpha value is -1.56. The third-order valence-corrected chi connectivity index (χ3v) is 4.34. The summed E-state index contributed by atoms with van der Waals surface area (Å²) in [6, 6.07) is 13.0. The molecule has 2 N–H and O–H groups in total. The van der Waals surface area contributed by atoms with Crippen LogP contribution in [0.5, 0.6) is 5.75 Å². The first-order valence-corrected chi connectivity index (χ1v) is 8.29. The van der Waals surface area contributed by atoms with Gasteiger partial charge in [0.15, 0.2) is 0 Å². The molecule has 0 aliphatic heterocycles. The molecule has 0 aromatic heterocycles. The molecule has 6 heteroatoms. The van der Waals surface area contributed by atoms with Crippen molar-refractivity contribution in [1.82, 2.24) is 5.32 Å². The Morgan fingerprint density at radius 3 is 2.70 bits per heavy atom. The predicted molar refractivity (Wildman–Crippen MR) is 97.2 cm³/mol.